The molecule has 5 nitrogen and oxygen atoms in total. The molecule has 110 valence electrons. The number of rotatable bonds is 2. The highest BCUT2D eigenvalue weighted by Crippen LogP contribution is 2.22. The number of carbonyl (C=O) groups is 2. The molecule has 0 aromatic carbocycles. The van der Waals surface area contributed by atoms with E-state index in [2.05, 4.69) is 15.9 Å². The smallest absolute Gasteiger partial charge is 0.289 e. The molecule has 1 aliphatic rings. The standard InChI is InChI=1S/C14H13BrN2O3S/c15-10-8-12(21-9-10)14(19)17-5-3-16(4-6-17)13(18)11-2-1-7-20-11/h1-2,7-9H,3-6H2. The average molecular weight is 369 g/mol. The van der Waals surface area contributed by atoms with Gasteiger partial charge in [-0.15, -0.1) is 11.3 Å². The van der Waals surface area contributed by atoms with Gasteiger partial charge < -0.3 is 14.2 Å². The fourth-order valence-electron chi connectivity index (χ4n) is 2.25. The van der Waals surface area contributed by atoms with Gasteiger partial charge >= 0.3 is 0 Å². The van der Waals surface area contributed by atoms with E-state index in [0.717, 1.165) is 4.47 Å². The summed E-state index contributed by atoms with van der Waals surface area (Å²) >= 11 is 4.77. The molecule has 0 bridgehead atoms. The van der Waals surface area contributed by atoms with Crippen LogP contribution in [0.5, 0.6) is 0 Å². The molecule has 1 saturated heterocycles. The van der Waals surface area contributed by atoms with Crippen molar-refractivity contribution in [3.8, 4) is 0 Å². The zero-order valence-electron chi connectivity index (χ0n) is 11.1. The largest absolute Gasteiger partial charge is 0.459 e. The van der Waals surface area contributed by atoms with E-state index in [-0.39, 0.29) is 11.8 Å². The molecule has 3 rings (SSSR count). The van der Waals surface area contributed by atoms with E-state index < -0.39 is 0 Å². The van der Waals surface area contributed by atoms with Gasteiger partial charge in [-0.1, -0.05) is 0 Å². The van der Waals surface area contributed by atoms with Gasteiger partial charge in [0.05, 0.1) is 11.1 Å². The summed E-state index contributed by atoms with van der Waals surface area (Å²) in [5.74, 6) is 0.249. The number of amides is 2. The van der Waals surface area contributed by atoms with Crippen LogP contribution in [0.3, 0.4) is 0 Å². The molecule has 0 N–H and O–H groups in total. The third kappa shape index (κ3) is 3.03. The van der Waals surface area contributed by atoms with Crippen LogP contribution in [0, 0.1) is 0 Å². The Hall–Kier alpha value is -1.60. The molecule has 0 saturated carbocycles. The van der Waals surface area contributed by atoms with Crippen molar-refractivity contribution in [1.82, 2.24) is 9.80 Å². The summed E-state index contributed by atoms with van der Waals surface area (Å²) < 4.78 is 6.04. The van der Waals surface area contributed by atoms with E-state index in [1.807, 2.05) is 11.4 Å². The third-order valence-electron chi connectivity index (χ3n) is 3.36. The van der Waals surface area contributed by atoms with Crippen LogP contribution in [0.15, 0.2) is 38.7 Å². The summed E-state index contributed by atoms with van der Waals surface area (Å²) in [6.07, 6.45) is 1.49. The minimum absolute atomic E-state index is 0.0239. The molecule has 3 heterocycles. The summed E-state index contributed by atoms with van der Waals surface area (Å²) in [6.45, 7) is 2.14. The van der Waals surface area contributed by atoms with Gasteiger partial charge in [0.15, 0.2) is 5.76 Å². The highest BCUT2D eigenvalue weighted by molar-refractivity contribution is 9.10. The molecule has 21 heavy (non-hydrogen) atoms. The number of piperazine rings is 1. The topological polar surface area (TPSA) is 53.8 Å². The summed E-state index contributed by atoms with van der Waals surface area (Å²) in [5.41, 5.74) is 0. The molecule has 0 spiro atoms. The van der Waals surface area contributed by atoms with E-state index in [0.29, 0.717) is 36.8 Å². The number of thiophene rings is 1. The van der Waals surface area contributed by atoms with Crippen LogP contribution in [0.4, 0.5) is 0 Å². The van der Waals surface area contributed by atoms with Crippen LogP contribution in [-0.2, 0) is 0 Å². The van der Waals surface area contributed by atoms with Crippen molar-refractivity contribution in [2.45, 2.75) is 0 Å². The third-order valence-corrected chi connectivity index (χ3v) is 5.04. The zero-order chi connectivity index (χ0) is 14.8. The quantitative estimate of drug-likeness (QED) is 0.818. The lowest BCUT2D eigenvalue weighted by atomic mass is 10.2. The molecule has 7 heteroatoms. The minimum atomic E-state index is -0.119. The number of nitrogens with zero attached hydrogens (tertiary/aromatic N) is 2. The maximum atomic E-state index is 12.3. The van der Waals surface area contributed by atoms with E-state index in [9.17, 15) is 9.59 Å². The fourth-order valence-corrected chi connectivity index (χ4v) is 3.64. The fraction of sp³-hybridized carbons (Fsp3) is 0.286. The molecule has 1 fully saturated rings. The molecule has 0 aliphatic carbocycles. The molecule has 2 aromatic rings. The Kier molecular flexibility index (Phi) is 4.12. The first-order valence-corrected chi connectivity index (χ1v) is 8.18. The minimum Gasteiger partial charge on any atom is -0.459 e. The van der Waals surface area contributed by atoms with Gasteiger partial charge in [-0.3, -0.25) is 9.59 Å². The average Bonchev–Trinajstić information content (AvgIpc) is 3.17. The van der Waals surface area contributed by atoms with Crippen molar-refractivity contribution >= 4 is 39.1 Å². The van der Waals surface area contributed by atoms with Crippen molar-refractivity contribution < 1.29 is 14.0 Å². The van der Waals surface area contributed by atoms with Gasteiger partial charge in [-0.05, 0) is 34.1 Å². The van der Waals surface area contributed by atoms with Gasteiger partial charge in [-0.2, -0.15) is 0 Å². The van der Waals surface area contributed by atoms with Crippen LogP contribution >= 0.6 is 27.3 Å². The molecular formula is C14H13BrN2O3S. The predicted octanol–water partition coefficient (Wildman–Crippen LogP) is 2.70. The highest BCUT2D eigenvalue weighted by Gasteiger charge is 2.27. The van der Waals surface area contributed by atoms with Gasteiger partial charge in [-0.25, -0.2) is 0 Å². The molecule has 2 amide bonds. The van der Waals surface area contributed by atoms with E-state index in [1.54, 1.807) is 21.9 Å². The summed E-state index contributed by atoms with van der Waals surface area (Å²) in [5, 5.41) is 1.89. The van der Waals surface area contributed by atoms with E-state index >= 15 is 0 Å². The number of carbonyl (C=O) groups excluding carboxylic acids is 2. The van der Waals surface area contributed by atoms with Gasteiger partial charge in [0.1, 0.15) is 0 Å². The summed E-state index contributed by atoms with van der Waals surface area (Å²) in [4.78, 5) is 28.7. The Labute approximate surface area is 134 Å². The van der Waals surface area contributed by atoms with Crippen molar-refractivity contribution in [3.05, 3.63) is 45.0 Å². The maximum Gasteiger partial charge on any atom is 0.289 e. The van der Waals surface area contributed by atoms with Gasteiger partial charge in [0.2, 0.25) is 0 Å². The lowest BCUT2D eigenvalue weighted by Gasteiger charge is -2.34. The van der Waals surface area contributed by atoms with Crippen LogP contribution < -0.4 is 0 Å². The zero-order valence-corrected chi connectivity index (χ0v) is 13.5. The highest BCUT2D eigenvalue weighted by atomic mass is 79.9. The summed E-state index contributed by atoms with van der Waals surface area (Å²) in [6, 6.07) is 5.18. The Balaban J connectivity index is 1.60. The second-order valence-electron chi connectivity index (χ2n) is 4.69. The van der Waals surface area contributed by atoms with Crippen molar-refractivity contribution in [2.75, 3.05) is 26.2 Å². The van der Waals surface area contributed by atoms with Crippen molar-refractivity contribution in [3.63, 3.8) is 0 Å². The van der Waals surface area contributed by atoms with Crippen LogP contribution in [0.2, 0.25) is 0 Å². The van der Waals surface area contributed by atoms with E-state index in [4.69, 9.17) is 4.42 Å². The van der Waals surface area contributed by atoms with E-state index in [1.165, 1.54) is 17.6 Å². The number of halogens is 1. The monoisotopic (exact) mass is 368 g/mol. The molecule has 2 aromatic heterocycles. The normalized spacial score (nSPS) is 15.3. The first kappa shape index (κ1) is 14.3. The predicted molar refractivity (Wildman–Crippen MR) is 82.5 cm³/mol. The molecular weight excluding hydrogens is 356 g/mol. The molecule has 0 atom stereocenters. The molecule has 1 aliphatic heterocycles. The number of hydrogen-bond donors (Lipinski definition) is 0. The summed E-state index contributed by atoms with van der Waals surface area (Å²) in [7, 11) is 0. The Bertz CT molecular complexity index is 645. The first-order valence-electron chi connectivity index (χ1n) is 6.51. The lowest BCUT2D eigenvalue weighted by molar-refractivity contribution is 0.0520. The molecule has 0 radical (unpaired) electrons. The SMILES string of the molecule is O=C(c1ccco1)N1CCN(C(=O)c2cc(Br)cs2)CC1. The molecule has 0 unspecified atom stereocenters. The number of furan rings is 1. The second-order valence-corrected chi connectivity index (χ2v) is 6.52. The van der Waals surface area contributed by atoms with Crippen LogP contribution in [-0.4, -0.2) is 47.8 Å². The Morgan fingerprint density at radius 3 is 2.33 bits per heavy atom. The number of hydrogen-bond acceptors (Lipinski definition) is 4. The van der Waals surface area contributed by atoms with Crippen LogP contribution in [0.25, 0.3) is 0 Å². The van der Waals surface area contributed by atoms with Crippen LogP contribution in [0.1, 0.15) is 20.2 Å². The van der Waals surface area contributed by atoms with Crippen molar-refractivity contribution in [1.29, 1.82) is 0 Å². The maximum absolute atomic E-state index is 12.3. The Morgan fingerprint density at radius 2 is 1.81 bits per heavy atom. The lowest BCUT2D eigenvalue weighted by Crippen LogP contribution is -2.50. The first-order chi connectivity index (χ1) is 10.1. The Morgan fingerprint density at radius 1 is 1.14 bits per heavy atom. The van der Waals surface area contributed by atoms with Crippen molar-refractivity contribution in [2.24, 2.45) is 0 Å². The van der Waals surface area contributed by atoms with Gasteiger partial charge in [0.25, 0.3) is 11.8 Å². The second kappa shape index (κ2) is 6.03. The van der Waals surface area contributed by atoms with Gasteiger partial charge in [0, 0.05) is 36.0 Å².